The summed E-state index contributed by atoms with van der Waals surface area (Å²) in [5.74, 6) is -0.851. The molecule has 184 valence electrons. The predicted octanol–water partition coefficient (Wildman–Crippen LogP) is -3.17. The first-order valence-electron chi connectivity index (χ1n) is 10.7. The maximum absolute atomic E-state index is 12.7. The summed E-state index contributed by atoms with van der Waals surface area (Å²) in [7, 11) is 0. The molecule has 0 aromatic rings. The number of carbonyl (C=O) groups is 2. The zero-order valence-electron chi connectivity index (χ0n) is 18.3. The van der Waals surface area contributed by atoms with Crippen molar-refractivity contribution in [2.24, 2.45) is 11.5 Å². The molecule has 0 saturated carbocycles. The van der Waals surface area contributed by atoms with Crippen LogP contribution in [0, 0.1) is 0 Å². The lowest BCUT2D eigenvalue weighted by Gasteiger charge is -2.24. The summed E-state index contributed by atoms with van der Waals surface area (Å²) in [6.07, 6.45) is -0.518. The van der Waals surface area contributed by atoms with Crippen LogP contribution in [0.1, 0.15) is 45.4 Å². The molecule has 0 fully saturated rings. The third-order valence-corrected chi connectivity index (χ3v) is 4.61. The van der Waals surface area contributed by atoms with Gasteiger partial charge < -0.3 is 52.6 Å². The van der Waals surface area contributed by atoms with E-state index in [1.165, 1.54) is 0 Å². The van der Waals surface area contributed by atoms with E-state index in [0.29, 0.717) is 19.4 Å². The van der Waals surface area contributed by atoms with Crippen molar-refractivity contribution >= 4 is 11.8 Å². The quantitative estimate of drug-likeness (QED) is 0.0709. The minimum absolute atomic E-state index is 0.0654. The third-order valence-electron chi connectivity index (χ3n) is 4.61. The highest BCUT2D eigenvalue weighted by atomic mass is 16.5. The van der Waals surface area contributed by atoms with E-state index in [-0.39, 0.29) is 45.2 Å². The van der Waals surface area contributed by atoms with Gasteiger partial charge in [0.25, 0.3) is 0 Å². The van der Waals surface area contributed by atoms with Gasteiger partial charge in [0, 0.05) is 19.0 Å². The van der Waals surface area contributed by atoms with E-state index in [1.54, 1.807) is 0 Å². The number of aliphatic hydroxyl groups is 4. The summed E-state index contributed by atoms with van der Waals surface area (Å²) in [6.45, 7) is 1.85. The molecule has 0 aliphatic carbocycles. The fourth-order valence-electron chi connectivity index (χ4n) is 2.68. The lowest BCUT2D eigenvalue weighted by Crippen LogP contribution is -2.48. The van der Waals surface area contributed by atoms with Gasteiger partial charge in [-0.25, -0.2) is 0 Å². The average molecular weight is 452 g/mol. The Kier molecular flexibility index (Phi) is 17.4. The molecule has 0 bridgehead atoms. The Morgan fingerprint density at radius 3 is 2.32 bits per heavy atom. The molecule has 0 saturated heterocycles. The van der Waals surface area contributed by atoms with Gasteiger partial charge in [0.1, 0.15) is 6.10 Å². The van der Waals surface area contributed by atoms with Crippen LogP contribution >= 0.6 is 0 Å². The zero-order valence-corrected chi connectivity index (χ0v) is 18.3. The summed E-state index contributed by atoms with van der Waals surface area (Å²) in [4.78, 5) is 24.3. The van der Waals surface area contributed by atoms with Gasteiger partial charge in [-0.2, -0.15) is 0 Å². The number of carbonyl (C=O) groups excluding carboxylic acids is 2. The molecule has 0 heterocycles. The SMILES string of the molecule is CCC(N)NCCCC(OCC(CO)NC(=O)CCO)C(=O)NC(CN)CCC(O)O. The molecule has 0 aliphatic rings. The van der Waals surface area contributed by atoms with Crippen molar-refractivity contribution in [3.05, 3.63) is 0 Å². The van der Waals surface area contributed by atoms with Crippen molar-refractivity contribution in [2.75, 3.05) is 32.9 Å². The van der Waals surface area contributed by atoms with E-state index >= 15 is 0 Å². The highest BCUT2D eigenvalue weighted by Crippen LogP contribution is 2.07. The van der Waals surface area contributed by atoms with Crippen LogP contribution in [0.25, 0.3) is 0 Å². The van der Waals surface area contributed by atoms with Crippen LogP contribution in [0.2, 0.25) is 0 Å². The second-order valence-corrected chi connectivity index (χ2v) is 7.35. The zero-order chi connectivity index (χ0) is 23.6. The molecule has 12 nitrogen and oxygen atoms in total. The van der Waals surface area contributed by atoms with E-state index in [2.05, 4.69) is 16.0 Å². The first-order chi connectivity index (χ1) is 14.8. The number of hydrogen-bond acceptors (Lipinski definition) is 10. The second kappa shape index (κ2) is 18.2. The molecule has 0 aromatic carbocycles. The van der Waals surface area contributed by atoms with Gasteiger partial charge in [-0.05, 0) is 38.6 Å². The first kappa shape index (κ1) is 29.6. The molecule has 0 radical (unpaired) electrons. The Bertz CT molecular complexity index is 485. The standard InChI is InChI=1S/C19H41N5O7/c1-2-16(21)22-8-3-4-15(19(30)24-13(10-20)5-6-18(28)29)31-12-14(11-26)23-17(27)7-9-25/h13-16,18,22,25-26,28-29H,2-12,20-21H2,1H3,(H,23,27)(H,24,30). The molecular formula is C19H41N5O7. The number of ether oxygens (including phenoxy) is 1. The Labute approximate surface area is 183 Å². The van der Waals surface area contributed by atoms with Crippen LogP contribution in [0.15, 0.2) is 0 Å². The Morgan fingerprint density at radius 2 is 1.77 bits per heavy atom. The number of amides is 2. The van der Waals surface area contributed by atoms with E-state index in [9.17, 15) is 14.7 Å². The summed E-state index contributed by atoms with van der Waals surface area (Å²) in [6, 6.07) is -1.18. The Morgan fingerprint density at radius 1 is 1.06 bits per heavy atom. The number of aliphatic hydroxyl groups excluding tert-OH is 3. The molecule has 0 aromatic heterocycles. The van der Waals surface area contributed by atoms with E-state index in [4.69, 9.17) is 31.5 Å². The minimum Gasteiger partial charge on any atom is -0.396 e. The molecule has 12 heteroatoms. The summed E-state index contributed by atoms with van der Waals surface area (Å²) in [5.41, 5.74) is 11.5. The molecule has 11 N–H and O–H groups in total. The van der Waals surface area contributed by atoms with Crippen molar-refractivity contribution in [2.45, 2.75) is 76.1 Å². The van der Waals surface area contributed by atoms with Crippen molar-refractivity contribution in [3.8, 4) is 0 Å². The van der Waals surface area contributed by atoms with Crippen LogP contribution < -0.4 is 27.4 Å². The number of rotatable bonds is 19. The first-order valence-corrected chi connectivity index (χ1v) is 10.7. The molecule has 0 spiro atoms. The summed E-state index contributed by atoms with van der Waals surface area (Å²) >= 11 is 0. The Hall–Kier alpha value is -1.38. The van der Waals surface area contributed by atoms with Crippen molar-refractivity contribution in [3.63, 3.8) is 0 Å². The molecule has 0 aliphatic heterocycles. The lowest BCUT2D eigenvalue weighted by molar-refractivity contribution is -0.135. The summed E-state index contributed by atoms with van der Waals surface area (Å²) in [5, 5.41) is 44.7. The van der Waals surface area contributed by atoms with Gasteiger partial charge in [-0.3, -0.25) is 9.59 Å². The smallest absolute Gasteiger partial charge is 0.249 e. The number of hydrogen-bond donors (Lipinski definition) is 9. The predicted molar refractivity (Wildman–Crippen MR) is 114 cm³/mol. The third kappa shape index (κ3) is 15.1. The van der Waals surface area contributed by atoms with Crippen molar-refractivity contribution < 1.29 is 34.8 Å². The largest absolute Gasteiger partial charge is 0.396 e. The molecule has 4 unspecified atom stereocenters. The maximum atomic E-state index is 12.7. The van der Waals surface area contributed by atoms with Gasteiger partial charge >= 0.3 is 0 Å². The van der Waals surface area contributed by atoms with Crippen LogP contribution in [0.4, 0.5) is 0 Å². The van der Waals surface area contributed by atoms with Gasteiger partial charge in [0.15, 0.2) is 6.29 Å². The fourth-order valence-corrected chi connectivity index (χ4v) is 2.68. The Balaban J connectivity index is 4.87. The number of nitrogens with one attached hydrogen (secondary N) is 3. The van der Waals surface area contributed by atoms with Crippen LogP contribution in [0.5, 0.6) is 0 Å². The molecule has 4 atom stereocenters. The second-order valence-electron chi connectivity index (χ2n) is 7.35. The lowest BCUT2D eigenvalue weighted by atomic mass is 10.1. The molecule has 0 rings (SSSR count). The topological polar surface area (TPSA) is 212 Å². The monoisotopic (exact) mass is 451 g/mol. The van der Waals surface area contributed by atoms with E-state index in [0.717, 1.165) is 6.42 Å². The van der Waals surface area contributed by atoms with Crippen molar-refractivity contribution in [1.82, 2.24) is 16.0 Å². The van der Waals surface area contributed by atoms with E-state index in [1.807, 2.05) is 6.92 Å². The van der Waals surface area contributed by atoms with Gasteiger partial charge in [0.05, 0.1) is 32.0 Å². The highest BCUT2D eigenvalue weighted by Gasteiger charge is 2.24. The van der Waals surface area contributed by atoms with E-state index < -0.39 is 42.9 Å². The van der Waals surface area contributed by atoms with Crippen LogP contribution in [-0.4, -0.2) is 95.8 Å². The van der Waals surface area contributed by atoms with Crippen molar-refractivity contribution in [1.29, 1.82) is 0 Å². The van der Waals surface area contributed by atoms with Gasteiger partial charge in [-0.1, -0.05) is 6.92 Å². The van der Waals surface area contributed by atoms with Crippen LogP contribution in [0.3, 0.4) is 0 Å². The maximum Gasteiger partial charge on any atom is 0.249 e. The minimum atomic E-state index is -1.49. The normalized spacial score (nSPS) is 15.4. The molecule has 2 amide bonds. The number of nitrogens with two attached hydrogens (primary N) is 2. The fraction of sp³-hybridized carbons (Fsp3) is 0.895. The van der Waals surface area contributed by atoms with Crippen LogP contribution in [-0.2, 0) is 14.3 Å². The van der Waals surface area contributed by atoms with Gasteiger partial charge in [0.2, 0.25) is 11.8 Å². The summed E-state index contributed by atoms with van der Waals surface area (Å²) < 4.78 is 5.69. The highest BCUT2D eigenvalue weighted by molar-refractivity contribution is 5.81. The molecule has 31 heavy (non-hydrogen) atoms. The van der Waals surface area contributed by atoms with Gasteiger partial charge in [-0.15, -0.1) is 0 Å². The molecular weight excluding hydrogens is 410 g/mol. The average Bonchev–Trinajstić information content (AvgIpc) is 2.74.